The molecule has 5 N–H and O–H groups in total. The van der Waals surface area contributed by atoms with Gasteiger partial charge >= 0.3 is 20.7 Å². The smallest absolute Gasteiger partial charge is 0.388 e. The van der Waals surface area contributed by atoms with Crippen molar-refractivity contribution in [2.75, 3.05) is 13.7 Å². The molecule has 0 aliphatic carbocycles. The molecule has 0 spiro atoms. The molecule has 1 aliphatic heterocycles. The summed E-state index contributed by atoms with van der Waals surface area (Å²) in [6.45, 7) is -0.852. The van der Waals surface area contributed by atoms with Gasteiger partial charge in [0.05, 0.1) is 6.61 Å². The topological polar surface area (TPSA) is 189 Å². The Labute approximate surface area is 120 Å². The molecule has 0 aromatic rings. The van der Waals surface area contributed by atoms with Crippen molar-refractivity contribution < 1.29 is 49.8 Å². The summed E-state index contributed by atoms with van der Waals surface area (Å²) in [6, 6.07) is -1.55. The van der Waals surface area contributed by atoms with Gasteiger partial charge in [0.2, 0.25) is 0 Å². The van der Waals surface area contributed by atoms with Crippen LogP contribution in [0.4, 0.5) is 0 Å². The van der Waals surface area contributed by atoms with E-state index in [0.717, 1.165) is 7.11 Å². The van der Waals surface area contributed by atoms with Crippen LogP contribution in [0.1, 0.15) is 0 Å². The highest BCUT2D eigenvalue weighted by molar-refractivity contribution is 7.83. The largest absolute Gasteiger partial charge is 0.397 e. The maximum absolute atomic E-state index is 10.8. The SMILES string of the molecule is CO[C@@H]1OC(COS(=O)(=O)O)[C@@H](O)C(O)[C@@H]1NS(=O)(=O)O. The molecule has 0 aromatic carbocycles. The third kappa shape index (κ3) is 5.70. The van der Waals surface area contributed by atoms with Crippen LogP contribution in [0.15, 0.2) is 0 Å². The number of aliphatic hydroxyl groups excluding tert-OH is 2. The Bertz CT molecular complexity index is 541. The molecular weight excluding hydrogens is 338 g/mol. The molecular formula is C7H15NO11S2. The number of nitrogens with one attached hydrogen (secondary N) is 1. The summed E-state index contributed by atoms with van der Waals surface area (Å²) in [5, 5.41) is 19.5. The van der Waals surface area contributed by atoms with E-state index in [0.29, 0.717) is 0 Å². The zero-order valence-corrected chi connectivity index (χ0v) is 12.2. The second-order valence-corrected chi connectivity index (χ2v) is 6.37. The second kappa shape index (κ2) is 6.78. The molecule has 0 saturated carbocycles. The van der Waals surface area contributed by atoms with E-state index in [-0.39, 0.29) is 0 Å². The molecule has 1 heterocycles. The van der Waals surface area contributed by atoms with Crippen molar-refractivity contribution in [1.29, 1.82) is 0 Å². The first-order valence-corrected chi connectivity index (χ1v) is 8.16. The summed E-state index contributed by atoms with van der Waals surface area (Å²) >= 11 is 0. The molecule has 5 atom stereocenters. The Morgan fingerprint density at radius 2 is 1.71 bits per heavy atom. The minimum Gasteiger partial charge on any atom is -0.388 e. The summed E-state index contributed by atoms with van der Waals surface area (Å²) < 4.78 is 74.8. The van der Waals surface area contributed by atoms with Gasteiger partial charge in [0, 0.05) is 7.11 Å². The zero-order chi connectivity index (χ0) is 16.4. The molecule has 12 nitrogen and oxygen atoms in total. The fourth-order valence-corrected chi connectivity index (χ4v) is 2.62. The van der Waals surface area contributed by atoms with Crippen LogP contribution in [0.5, 0.6) is 0 Å². The number of hydrogen-bond acceptors (Lipinski definition) is 9. The average Bonchev–Trinajstić information content (AvgIpc) is 2.31. The van der Waals surface area contributed by atoms with Gasteiger partial charge in [0.15, 0.2) is 6.29 Å². The number of ether oxygens (including phenoxy) is 2. The quantitative estimate of drug-likeness (QED) is 0.300. The van der Waals surface area contributed by atoms with Gasteiger partial charge in [-0.25, -0.2) is 4.18 Å². The van der Waals surface area contributed by atoms with E-state index >= 15 is 0 Å². The zero-order valence-electron chi connectivity index (χ0n) is 10.6. The van der Waals surface area contributed by atoms with E-state index in [1.54, 1.807) is 4.72 Å². The van der Waals surface area contributed by atoms with Gasteiger partial charge < -0.3 is 19.7 Å². The van der Waals surface area contributed by atoms with Crippen LogP contribution in [0, 0.1) is 0 Å². The predicted octanol–water partition coefficient (Wildman–Crippen LogP) is -3.34. The van der Waals surface area contributed by atoms with Gasteiger partial charge in [-0.3, -0.25) is 9.11 Å². The lowest BCUT2D eigenvalue weighted by Gasteiger charge is -2.41. The average molecular weight is 353 g/mol. The standard InChI is InChI=1S/C7H15NO11S2/c1-17-7-4(8-20(11,12)13)6(10)5(9)3(19-7)2-18-21(14,15)16/h3-10H,2H2,1H3,(H,11,12,13)(H,14,15,16)/t3?,4-,5+,6?,7+/m0/s1. The summed E-state index contributed by atoms with van der Waals surface area (Å²) in [6.07, 6.45) is -6.48. The number of aliphatic hydroxyl groups is 2. The molecule has 1 fully saturated rings. The van der Waals surface area contributed by atoms with Crippen molar-refractivity contribution in [2.45, 2.75) is 30.6 Å². The Balaban J connectivity index is 2.84. The van der Waals surface area contributed by atoms with Gasteiger partial charge in [0.25, 0.3) is 0 Å². The van der Waals surface area contributed by atoms with E-state index in [4.69, 9.17) is 18.6 Å². The van der Waals surface area contributed by atoms with Crippen molar-refractivity contribution >= 4 is 20.7 Å². The maximum Gasteiger partial charge on any atom is 0.397 e. The van der Waals surface area contributed by atoms with Crippen molar-refractivity contribution in [3.05, 3.63) is 0 Å². The molecule has 2 unspecified atom stereocenters. The second-order valence-electron chi connectivity index (χ2n) is 4.09. The number of methoxy groups -OCH3 is 1. The van der Waals surface area contributed by atoms with Crippen molar-refractivity contribution in [3.63, 3.8) is 0 Å². The normalized spacial score (nSPS) is 34.8. The van der Waals surface area contributed by atoms with Crippen LogP contribution < -0.4 is 4.72 Å². The van der Waals surface area contributed by atoms with Crippen LogP contribution in [0.3, 0.4) is 0 Å². The minimum atomic E-state index is -4.80. The van der Waals surface area contributed by atoms with Crippen LogP contribution >= 0.6 is 0 Å². The molecule has 0 aromatic heterocycles. The van der Waals surface area contributed by atoms with Gasteiger partial charge in [-0.05, 0) is 0 Å². The molecule has 0 radical (unpaired) electrons. The fraction of sp³-hybridized carbons (Fsp3) is 1.00. The summed E-state index contributed by atoms with van der Waals surface area (Å²) in [5.74, 6) is 0. The summed E-state index contributed by atoms with van der Waals surface area (Å²) in [5.41, 5.74) is 0. The van der Waals surface area contributed by atoms with E-state index in [9.17, 15) is 27.0 Å². The first-order valence-electron chi connectivity index (χ1n) is 5.35. The number of rotatable bonds is 6. The van der Waals surface area contributed by atoms with Gasteiger partial charge in [-0.15, -0.1) is 0 Å². The maximum atomic E-state index is 10.8. The predicted molar refractivity (Wildman–Crippen MR) is 63.7 cm³/mol. The van der Waals surface area contributed by atoms with Crippen LogP contribution in [0.2, 0.25) is 0 Å². The Morgan fingerprint density at radius 1 is 1.14 bits per heavy atom. The number of hydrogen-bond donors (Lipinski definition) is 5. The molecule has 126 valence electrons. The third-order valence-corrected chi connectivity index (χ3v) is 3.60. The van der Waals surface area contributed by atoms with E-state index in [1.807, 2.05) is 0 Å². The summed E-state index contributed by atoms with van der Waals surface area (Å²) in [4.78, 5) is 0. The first kappa shape index (κ1) is 18.6. The van der Waals surface area contributed by atoms with E-state index in [2.05, 4.69) is 4.18 Å². The highest BCUT2D eigenvalue weighted by Crippen LogP contribution is 2.22. The van der Waals surface area contributed by atoms with Crippen molar-refractivity contribution in [2.24, 2.45) is 0 Å². The van der Waals surface area contributed by atoms with E-state index < -0.39 is 58.0 Å². The molecule has 14 heteroatoms. The van der Waals surface area contributed by atoms with Crippen LogP contribution in [-0.2, 0) is 34.4 Å². The Morgan fingerprint density at radius 3 is 2.14 bits per heavy atom. The summed E-state index contributed by atoms with van der Waals surface area (Å²) in [7, 11) is -8.44. The fourth-order valence-electron chi connectivity index (χ4n) is 1.72. The van der Waals surface area contributed by atoms with Gasteiger partial charge in [-0.1, -0.05) is 0 Å². The Kier molecular flexibility index (Phi) is 6.01. The van der Waals surface area contributed by atoms with Crippen molar-refractivity contribution in [3.8, 4) is 0 Å². The molecule has 1 saturated heterocycles. The lowest BCUT2D eigenvalue weighted by Crippen LogP contribution is -2.64. The van der Waals surface area contributed by atoms with Crippen LogP contribution in [-0.4, -0.2) is 80.5 Å². The molecule has 0 bridgehead atoms. The molecule has 0 amide bonds. The van der Waals surface area contributed by atoms with E-state index in [1.165, 1.54) is 0 Å². The highest BCUT2D eigenvalue weighted by atomic mass is 32.3. The third-order valence-electron chi connectivity index (χ3n) is 2.60. The van der Waals surface area contributed by atoms with Gasteiger partial charge in [0.1, 0.15) is 24.4 Å². The van der Waals surface area contributed by atoms with Crippen LogP contribution in [0.25, 0.3) is 0 Å². The molecule has 1 rings (SSSR count). The lowest BCUT2D eigenvalue weighted by atomic mass is 9.98. The monoisotopic (exact) mass is 353 g/mol. The minimum absolute atomic E-state index is 0.852. The lowest BCUT2D eigenvalue weighted by molar-refractivity contribution is -0.259. The first-order chi connectivity index (χ1) is 9.44. The highest BCUT2D eigenvalue weighted by Gasteiger charge is 2.46. The van der Waals surface area contributed by atoms with Gasteiger partial charge in [-0.2, -0.15) is 21.6 Å². The van der Waals surface area contributed by atoms with Crippen molar-refractivity contribution in [1.82, 2.24) is 4.72 Å². The Hall–Kier alpha value is -0.420. The molecule has 1 aliphatic rings. The molecule has 21 heavy (non-hydrogen) atoms.